The van der Waals surface area contributed by atoms with Crippen molar-refractivity contribution in [1.82, 2.24) is 4.57 Å². The summed E-state index contributed by atoms with van der Waals surface area (Å²) in [5, 5.41) is 2.64. The van der Waals surface area contributed by atoms with E-state index in [1.807, 2.05) is 49.4 Å². The minimum Gasteiger partial charge on any atom is -0.493 e. The maximum atomic E-state index is 14.0. The van der Waals surface area contributed by atoms with Crippen molar-refractivity contribution in [3.05, 3.63) is 137 Å². The number of aromatic nitrogens is 1. The number of methoxy groups -OCH3 is 1. The van der Waals surface area contributed by atoms with Crippen LogP contribution in [0.5, 0.6) is 11.5 Å². The van der Waals surface area contributed by atoms with Crippen LogP contribution in [0.2, 0.25) is 5.02 Å². The molecule has 45 heavy (non-hydrogen) atoms. The number of carbonyl (C=O) groups is 1. The summed E-state index contributed by atoms with van der Waals surface area (Å²) in [4.78, 5) is 32.2. The van der Waals surface area contributed by atoms with Crippen LogP contribution in [0.4, 0.5) is 0 Å². The Labute approximate surface area is 269 Å². The summed E-state index contributed by atoms with van der Waals surface area (Å²) in [7, 11) is 1.55. The first-order chi connectivity index (χ1) is 21.8. The summed E-state index contributed by atoms with van der Waals surface area (Å²) in [6.45, 7) is 6.03. The maximum absolute atomic E-state index is 14.0. The first-order valence-electron chi connectivity index (χ1n) is 14.5. The number of esters is 1. The lowest BCUT2D eigenvalue weighted by Gasteiger charge is -2.24. The molecule has 1 aliphatic heterocycles. The Balaban J connectivity index is 1.37. The Morgan fingerprint density at radius 2 is 1.78 bits per heavy atom. The minimum absolute atomic E-state index is 0.214. The lowest BCUT2D eigenvalue weighted by atomic mass is 9.95. The van der Waals surface area contributed by atoms with Crippen molar-refractivity contribution >= 4 is 45.8 Å². The van der Waals surface area contributed by atoms with Crippen molar-refractivity contribution in [1.29, 1.82) is 0 Å². The van der Waals surface area contributed by atoms with Gasteiger partial charge >= 0.3 is 5.97 Å². The lowest BCUT2D eigenvalue weighted by Crippen LogP contribution is -2.39. The molecule has 1 atom stereocenters. The van der Waals surface area contributed by atoms with E-state index in [1.165, 1.54) is 11.3 Å². The highest BCUT2D eigenvalue weighted by atomic mass is 35.5. The van der Waals surface area contributed by atoms with Crippen molar-refractivity contribution < 1.29 is 19.0 Å². The van der Waals surface area contributed by atoms with E-state index in [0.717, 1.165) is 27.5 Å². The molecule has 0 aliphatic carbocycles. The zero-order valence-corrected chi connectivity index (χ0v) is 26.9. The van der Waals surface area contributed by atoms with Gasteiger partial charge in [0.1, 0.15) is 6.61 Å². The van der Waals surface area contributed by atoms with E-state index in [9.17, 15) is 9.59 Å². The molecule has 5 aromatic rings. The number of nitrogens with zero attached hydrogens (tertiary/aromatic N) is 2. The normalized spacial score (nSPS) is 14.7. The summed E-state index contributed by atoms with van der Waals surface area (Å²) in [6, 6.07) is 24.9. The molecule has 0 amide bonds. The summed E-state index contributed by atoms with van der Waals surface area (Å²) in [5.41, 5.74) is 4.11. The fourth-order valence-electron chi connectivity index (χ4n) is 5.45. The Morgan fingerprint density at radius 3 is 2.51 bits per heavy atom. The van der Waals surface area contributed by atoms with E-state index < -0.39 is 12.0 Å². The second-order valence-corrected chi connectivity index (χ2v) is 12.1. The van der Waals surface area contributed by atoms with Crippen LogP contribution >= 0.6 is 22.9 Å². The van der Waals surface area contributed by atoms with Gasteiger partial charge in [-0.25, -0.2) is 9.79 Å². The molecule has 228 valence electrons. The average molecular weight is 639 g/mol. The number of benzene rings is 4. The van der Waals surface area contributed by atoms with Crippen molar-refractivity contribution in [2.45, 2.75) is 33.4 Å². The number of carbonyl (C=O) groups excluding carboxylic acids is 1. The molecule has 0 fully saturated rings. The smallest absolute Gasteiger partial charge is 0.338 e. The van der Waals surface area contributed by atoms with Crippen molar-refractivity contribution in [3.8, 4) is 11.5 Å². The van der Waals surface area contributed by atoms with Crippen LogP contribution in [0.1, 0.15) is 42.1 Å². The minimum atomic E-state index is -0.674. The van der Waals surface area contributed by atoms with Crippen LogP contribution < -0.4 is 24.4 Å². The highest BCUT2D eigenvalue weighted by Gasteiger charge is 2.33. The van der Waals surface area contributed by atoms with E-state index in [4.69, 9.17) is 25.8 Å². The molecule has 0 bridgehead atoms. The standard InChI is InChI=1S/C36H31ClN2O5S/c1-5-43-35(41)31-22(3)38-36-39(32(31)26-13-10-21(2)11-14-26)34(40)30(45-36)19-24-17-28(37)33(29(18-24)42-4)44-20-23-12-15-25-8-6-7-9-27(25)16-23/h6-19,32H,5,20H2,1-4H3/b30-19+/t32-/m1/s1. The molecule has 0 N–H and O–H groups in total. The number of fused-ring (bicyclic) bond motifs is 2. The van der Waals surface area contributed by atoms with E-state index in [0.29, 0.717) is 49.3 Å². The molecule has 0 spiro atoms. The molecule has 9 heteroatoms. The van der Waals surface area contributed by atoms with Gasteiger partial charge in [0.2, 0.25) is 0 Å². The molecular weight excluding hydrogens is 608 g/mol. The van der Waals surface area contributed by atoms with Gasteiger partial charge in [0, 0.05) is 0 Å². The highest BCUT2D eigenvalue weighted by molar-refractivity contribution is 7.07. The summed E-state index contributed by atoms with van der Waals surface area (Å²) >= 11 is 7.97. The van der Waals surface area contributed by atoms with Gasteiger partial charge in [0.15, 0.2) is 16.3 Å². The van der Waals surface area contributed by atoms with Gasteiger partial charge in [0.25, 0.3) is 5.56 Å². The Hall–Kier alpha value is -4.66. The average Bonchev–Trinajstić information content (AvgIpc) is 3.33. The number of hydrogen-bond acceptors (Lipinski definition) is 7. The molecule has 0 saturated carbocycles. The van der Waals surface area contributed by atoms with Crippen LogP contribution in [0.3, 0.4) is 0 Å². The number of allylic oxidation sites excluding steroid dienone is 1. The molecule has 1 aliphatic rings. The van der Waals surface area contributed by atoms with E-state index >= 15 is 0 Å². The monoisotopic (exact) mass is 638 g/mol. The number of aryl methyl sites for hydroxylation is 1. The second kappa shape index (κ2) is 12.8. The quantitative estimate of drug-likeness (QED) is 0.181. The molecular formula is C36H31ClN2O5S. The largest absolute Gasteiger partial charge is 0.493 e. The zero-order chi connectivity index (χ0) is 31.7. The SMILES string of the molecule is CCOC(=O)C1=C(C)N=c2s/c(=C/c3cc(Cl)c(OCc4ccc5ccccc5c4)c(OC)c3)c(=O)n2[C@@H]1c1ccc(C)cc1. The topological polar surface area (TPSA) is 79.1 Å². The fraction of sp³-hybridized carbons (Fsp3) is 0.194. The van der Waals surface area contributed by atoms with Gasteiger partial charge in [-0.15, -0.1) is 0 Å². The van der Waals surface area contributed by atoms with Crippen LogP contribution in [0, 0.1) is 6.92 Å². The van der Waals surface area contributed by atoms with E-state index in [2.05, 4.69) is 29.3 Å². The lowest BCUT2D eigenvalue weighted by molar-refractivity contribution is -0.139. The molecule has 0 unspecified atom stereocenters. The molecule has 1 aromatic heterocycles. The van der Waals surface area contributed by atoms with Crippen LogP contribution in [-0.4, -0.2) is 24.3 Å². The van der Waals surface area contributed by atoms with Crippen molar-refractivity contribution in [3.63, 3.8) is 0 Å². The molecule has 0 saturated heterocycles. The maximum Gasteiger partial charge on any atom is 0.338 e. The highest BCUT2D eigenvalue weighted by Crippen LogP contribution is 2.37. The third-order valence-corrected chi connectivity index (χ3v) is 8.92. The first-order valence-corrected chi connectivity index (χ1v) is 15.7. The summed E-state index contributed by atoms with van der Waals surface area (Å²) in [5.74, 6) is 0.370. The second-order valence-electron chi connectivity index (χ2n) is 10.7. The number of halogens is 1. The van der Waals surface area contributed by atoms with Gasteiger partial charge in [-0.05, 0) is 72.5 Å². The predicted octanol–water partition coefficient (Wildman–Crippen LogP) is 6.50. The van der Waals surface area contributed by atoms with Crippen molar-refractivity contribution in [2.24, 2.45) is 4.99 Å². The number of thiazole rings is 1. The van der Waals surface area contributed by atoms with E-state index in [-0.39, 0.29) is 12.2 Å². The molecule has 6 rings (SSSR count). The van der Waals surface area contributed by atoms with Crippen LogP contribution in [-0.2, 0) is 16.1 Å². The number of ether oxygens (including phenoxy) is 3. The third kappa shape index (κ3) is 6.03. The van der Waals surface area contributed by atoms with Crippen LogP contribution in [0.15, 0.2) is 99.9 Å². The molecule has 4 aromatic carbocycles. The first kappa shape index (κ1) is 30.4. The zero-order valence-electron chi connectivity index (χ0n) is 25.3. The summed E-state index contributed by atoms with van der Waals surface area (Å²) < 4.78 is 19.2. The molecule has 0 radical (unpaired) electrons. The van der Waals surface area contributed by atoms with Gasteiger partial charge in [-0.2, -0.15) is 0 Å². The Kier molecular flexibility index (Phi) is 8.61. The van der Waals surface area contributed by atoms with Gasteiger partial charge in [0.05, 0.1) is 40.6 Å². The molecule has 2 heterocycles. The van der Waals surface area contributed by atoms with Gasteiger partial charge in [-0.3, -0.25) is 9.36 Å². The van der Waals surface area contributed by atoms with Gasteiger partial charge in [-0.1, -0.05) is 89.2 Å². The Bertz CT molecular complexity index is 2150. The number of hydrogen-bond donors (Lipinski definition) is 0. The van der Waals surface area contributed by atoms with E-state index in [1.54, 1.807) is 43.7 Å². The fourth-order valence-corrected chi connectivity index (χ4v) is 6.77. The van der Waals surface area contributed by atoms with Crippen LogP contribution in [0.25, 0.3) is 16.8 Å². The predicted molar refractivity (Wildman–Crippen MR) is 178 cm³/mol. The summed E-state index contributed by atoms with van der Waals surface area (Å²) in [6.07, 6.45) is 1.75. The molecule has 7 nitrogen and oxygen atoms in total. The van der Waals surface area contributed by atoms with Crippen molar-refractivity contribution in [2.75, 3.05) is 13.7 Å². The third-order valence-electron chi connectivity index (χ3n) is 7.66. The van der Waals surface area contributed by atoms with Gasteiger partial charge < -0.3 is 14.2 Å². The Morgan fingerprint density at radius 1 is 1.02 bits per heavy atom. The number of rotatable bonds is 8.